The van der Waals surface area contributed by atoms with Crippen LogP contribution in [0.25, 0.3) is 22.3 Å². The Morgan fingerprint density at radius 1 is 0.878 bits per heavy atom. The predicted octanol–water partition coefficient (Wildman–Crippen LogP) is 3.56. The van der Waals surface area contributed by atoms with Gasteiger partial charge in [-0.3, -0.25) is 4.79 Å². The van der Waals surface area contributed by atoms with E-state index < -0.39 is 53.6 Å². The van der Waals surface area contributed by atoms with Crippen molar-refractivity contribution in [2.45, 2.75) is 84.1 Å². The van der Waals surface area contributed by atoms with Crippen molar-refractivity contribution in [1.82, 2.24) is 0 Å². The molecule has 0 bridgehead atoms. The van der Waals surface area contributed by atoms with E-state index in [-0.39, 0.29) is 64.4 Å². The highest BCUT2D eigenvalue weighted by Crippen LogP contribution is 2.40. The van der Waals surface area contributed by atoms with Gasteiger partial charge in [0, 0.05) is 23.3 Å². The van der Waals surface area contributed by atoms with Crippen LogP contribution in [0, 0.1) is 0 Å². The van der Waals surface area contributed by atoms with Crippen LogP contribution in [0.3, 0.4) is 0 Å². The van der Waals surface area contributed by atoms with Gasteiger partial charge < -0.3 is 54.7 Å². The fourth-order valence-electron chi connectivity index (χ4n) is 5.41. The molecule has 2 heterocycles. The van der Waals surface area contributed by atoms with Crippen LogP contribution >= 0.6 is 0 Å². The highest BCUT2D eigenvalue weighted by atomic mass is 16.7. The molecule has 2 aromatic carbocycles. The molecule has 1 saturated heterocycles. The first-order valence-electron chi connectivity index (χ1n) is 15.7. The second-order valence-corrected chi connectivity index (χ2v) is 12.4. The van der Waals surface area contributed by atoms with Crippen molar-refractivity contribution in [2.75, 3.05) is 6.61 Å². The van der Waals surface area contributed by atoms with Crippen molar-refractivity contribution in [3.63, 3.8) is 0 Å². The minimum atomic E-state index is -1.92. The summed E-state index contributed by atoms with van der Waals surface area (Å²) in [6.45, 7) is 7.35. The van der Waals surface area contributed by atoms with Crippen molar-refractivity contribution < 1.29 is 59.5 Å². The summed E-state index contributed by atoms with van der Waals surface area (Å²) in [6.07, 6.45) is -2.57. The number of fused-ring (bicyclic) bond motifs is 1. The lowest BCUT2D eigenvalue weighted by molar-refractivity contribution is -0.271. The lowest BCUT2D eigenvalue weighted by atomic mass is 9.97. The molecular weight excluding hydrogens is 640 g/mol. The topological polar surface area (TPSA) is 228 Å². The number of ether oxygens (including phenoxy) is 2. The Labute approximate surface area is 281 Å². The largest absolute Gasteiger partial charge is 0.507 e. The van der Waals surface area contributed by atoms with Crippen LogP contribution < -0.4 is 10.2 Å². The number of allylic oxidation sites excluding steroid dienone is 5. The molecule has 13 heteroatoms. The first-order chi connectivity index (χ1) is 23.1. The Balaban J connectivity index is 1.82. The molecule has 1 aromatic heterocycles. The molecule has 0 aliphatic carbocycles. The number of rotatable bonds is 12. The first-order valence-corrected chi connectivity index (χ1v) is 15.7. The van der Waals surface area contributed by atoms with E-state index in [1.807, 2.05) is 33.8 Å². The van der Waals surface area contributed by atoms with Gasteiger partial charge in [-0.2, -0.15) is 0 Å². The van der Waals surface area contributed by atoms with Crippen molar-refractivity contribution in [1.29, 1.82) is 0 Å². The van der Waals surface area contributed by atoms with Crippen LogP contribution in [-0.2, 0) is 22.4 Å². The molecule has 8 N–H and O–H groups in total. The number of hydrogen-bond donors (Lipinski definition) is 8. The Kier molecular flexibility index (Phi) is 11.9. The van der Waals surface area contributed by atoms with Gasteiger partial charge >= 0.3 is 5.97 Å². The van der Waals surface area contributed by atoms with E-state index in [4.69, 9.17) is 13.9 Å². The summed E-state index contributed by atoms with van der Waals surface area (Å²) < 4.78 is 16.8. The van der Waals surface area contributed by atoms with Gasteiger partial charge in [0.1, 0.15) is 58.0 Å². The molecule has 1 aliphatic rings. The highest BCUT2D eigenvalue weighted by molar-refractivity contribution is 5.89. The van der Waals surface area contributed by atoms with Crippen LogP contribution in [0.5, 0.6) is 23.0 Å². The first kappa shape index (κ1) is 37.2. The predicted molar refractivity (Wildman–Crippen MR) is 179 cm³/mol. The summed E-state index contributed by atoms with van der Waals surface area (Å²) >= 11 is 0. The highest BCUT2D eigenvalue weighted by Gasteiger charge is 2.48. The van der Waals surface area contributed by atoms with Gasteiger partial charge in [0.25, 0.3) is 0 Å². The van der Waals surface area contributed by atoms with Crippen molar-refractivity contribution in [3.8, 4) is 34.3 Å². The molecule has 1 fully saturated rings. The maximum absolute atomic E-state index is 14.1. The maximum atomic E-state index is 14.1. The number of phenols is 3. The number of carboxylic acid groups (broad SMARTS) is 1. The third-order valence-corrected chi connectivity index (χ3v) is 8.14. The molecule has 0 radical (unpaired) electrons. The van der Waals surface area contributed by atoms with E-state index in [2.05, 4.69) is 0 Å². The average Bonchev–Trinajstić information content (AvgIpc) is 3.02. The summed E-state index contributed by atoms with van der Waals surface area (Å²) in [7, 11) is 0. The summed E-state index contributed by atoms with van der Waals surface area (Å²) in [6, 6.07) is 4.92. The van der Waals surface area contributed by atoms with Crippen LogP contribution in [0.4, 0.5) is 0 Å². The number of aliphatic carboxylic acids is 1. The number of benzene rings is 2. The molecule has 1 aliphatic heterocycles. The van der Waals surface area contributed by atoms with E-state index in [9.17, 15) is 50.4 Å². The van der Waals surface area contributed by atoms with Gasteiger partial charge in [-0.25, -0.2) is 4.79 Å². The van der Waals surface area contributed by atoms with Crippen LogP contribution in [0.2, 0.25) is 0 Å². The zero-order valence-electron chi connectivity index (χ0n) is 27.6. The van der Waals surface area contributed by atoms with Crippen molar-refractivity contribution >= 4 is 16.9 Å². The van der Waals surface area contributed by atoms with E-state index in [0.29, 0.717) is 18.4 Å². The van der Waals surface area contributed by atoms with E-state index in [0.717, 1.165) is 17.2 Å². The van der Waals surface area contributed by atoms with Crippen LogP contribution in [-0.4, -0.2) is 84.1 Å². The van der Waals surface area contributed by atoms with Gasteiger partial charge in [-0.15, -0.1) is 0 Å². The summed E-state index contributed by atoms with van der Waals surface area (Å²) in [4.78, 5) is 25.6. The molecule has 0 spiro atoms. The molecule has 5 atom stereocenters. The van der Waals surface area contributed by atoms with Gasteiger partial charge in [0.15, 0.2) is 6.10 Å². The summed E-state index contributed by atoms with van der Waals surface area (Å²) in [5.41, 5.74) is 2.07. The zero-order chi connectivity index (χ0) is 36.2. The Morgan fingerprint density at radius 3 is 2.16 bits per heavy atom. The van der Waals surface area contributed by atoms with Crippen LogP contribution in [0.1, 0.15) is 51.7 Å². The lowest BCUT2D eigenvalue weighted by Crippen LogP contribution is -2.61. The molecule has 5 unspecified atom stereocenters. The fraction of sp³-hybridized carbons (Fsp3) is 0.389. The number of aliphatic hydroxyl groups excluding tert-OH is 4. The molecule has 3 aromatic rings. The number of hydrogen-bond acceptors (Lipinski definition) is 12. The minimum absolute atomic E-state index is 0.00131. The number of aromatic hydroxyl groups is 3. The van der Waals surface area contributed by atoms with E-state index >= 15 is 0 Å². The third-order valence-electron chi connectivity index (χ3n) is 8.14. The second-order valence-electron chi connectivity index (χ2n) is 12.4. The Hall–Kier alpha value is -4.66. The standard InChI is InChI=1S/C36H42O13/c1-17(2)6-5-7-19(16-37)9-12-23-29(41)27-26(15-25(39)21(28(27)40)11-8-18(3)4)48-33(23)22-13-10-20(14-24(22)38)47-36-32(44)30(42)31(43)34(49-36)35(45)46/h6,8-10,13-15,30-32,34,36-40,42-44H,5,7,11-12,16H2,1-4H3,(H,45,46)/b19-9-. The third kappa shape index (κ3) is 8.32. The van der Waals surface area contributed by atoms with Gasteiger partial charge in [0.2, 0.25) is 11.7 Å². The molecule has 264 valence electrons. The normalized spacial score (nSPS) is 21.0. The molecule has 13 nitrogen and oxygen atoms in total. The van der Waals surface area contributed by atoms with Gasteiger partial charge in [-0.1, -0.05) is 29.4 Å². The number of aliphatic hydroxyl groups is 4. The van der Waals surface area contributed by atoms with E-state index in [1.54, 1.807) is 12.2 Å². The zero-order valence-corrected chi connectivity index (χ0v) is 27.6. The Morgan fingerprint density at radius 2 is 1.55 bits per heavy atom. The number of phenolic OH excluding ortho intramolecular Hbond substituents is 3. The molecule has 0 amide bonds. The van der Waals surface area contributed by atoms with Gasteiger partial charge in [0.05, 0.1) is 12.2 Å². The minimum Gasteiger partial charge on any atom is -0.507 e. The van der Waals surface area contributed by atoms with E-state index in [1.165, 1.54) is 18.2 Å². The SMILES string of the molecule is CC(C)=CCC/C(=C/Cc1c(-c2ccc(OC3OC(C(=O)O)C(O)C(O)C3O)cc2O)oc2cc(O)c(CC=C(C)C)c(O)c2c1=O)CO. The smallest absolute Gasteiger partial charge is 0.335 e. The average molecular weight is 683 g/mol. The lowest BCUT2D eigenvalue weighted by Gasteiger charge is -2.38. The van der Waals surface area contributed by atoms with Crippen LogP contribution in [0.15, 0.2) is 68.4 Å². The van der Waals surface area contributed by atoms with Crippen molar-refractivity contribution in [3.05, 3.63) is 80.6 Å². The Bertz CT molecular complexity index is 1840. The molecule has 4 rings (SSSR count). The maximum Gasteiger partial charge on any atom is 0.335 e. The molecular formula is C36H42O13. The number of carbonyl (C=O) groups is 1. The summed E-state index contributed by atoms with van der Waals surface area (Å²) in [5.74, 6) is -3.07. The quantitative estimate of drug-likeness (QED) is 0.128. The summed E-state index contributed by atoms with van der Waals surface area (Å²) in [5, 5.41) is 82.6. The monoisotopic (exact) mass is 682 g/mol. The van der Waals surface area contributed by atoms with Crippen molar-refractivity contribution in [2.24, 2.45) is 0 Å². The molecule has 49 heavy (non-hydrogen) atoms. The second kappa shape index (κ2) is 15.7. The molecule has 0 saturated carbocycles. The fourth-order valence-corrected chi connectivity index (χ4v) is 5.41. The number of carboxylic acids is 1. The van der Waals surface area contributed by atoms with Gasteiger partial charge in [-0.05, 0) is 71.1 Å².